The highest BCUT2D eigenvalue weighted by Gasteiger charge is 2.27. The molecule has 0 radical (unpaired) electrons. The molecule has 2 heterocycles. The molecule has 28 heavy (non-hydrogen) atoms. The second-order valence-corrected chi connectivity index (χ2v) is 7.03. The van der Waals surface area contributed by atoms with E-state index < -0.39 is 11.9 Å². The third kappa shape index (κ3) is 3.82. The molecule has 4 N–H and O–H groups in total. The van der Waals surface area contributed by atoms with Crippen LogP contribution in [0.2, 0.25) is 0 Å². The number of aromatic amines is 1. The van der Waals surface area contributed by atoms with Gasteiger partial charge in [-0.1, -0.05) is 12.5 Å². The highest BCUT2D eigenvalue weighted by atomic mass is 19.1. The molecule has 1 aliphatic carbocycles. The van der Waals surface area contributed by atoms with E-state index in [2.05, 4.69) is 20.2 Å². The van der Waals surface area contributed by atoms with Gasteiger partial charge in [-0.25, -0.2) is 9.37 Å². The number of nitrogens with two attached hydrogens (primary N) is 1. The minimum absolute atomic E-state index is 0.0274. The van der Waals surface area contributed by atoms with Gasteiger partial charge in [-0.15, -0.1) is 0 Å². The zero-order valence-electron chi connectivity index (χ0n) is 15.3. The summed E-state index contributed by atoms with van der Waals surface area (Å²) < 4.78 is 21.1. The molecule has 0 amide bonds. The van der Waals surface area contributed by atoms with Gasteiger partial charge in [0.1, 0.15) is 12.4 Å². The van der Waals surface area contributed by atoms with Gasteiger partial charge < -0.3 is 15.6 Å². The Balaban J connectivity index is 1.59. The van der Waals surface area contributed by atoms with E-state index in [1.807, 2.05) is 6.07 Å². The molecule has 2 aromatic heterocycles. The average Bonchev–Trinajstić information content (AvgIpc) is 3.14. The van der Waals surface area contributed by atoms with Gasteiger partial charge in [0.2, 0.25) is 0 Å². The summed E-state index contributed by atoms with van der Waals surface area (Å²) in [4.78, 5) is 8.15. The molecule has 1 aromatic carbocycles. The summed E-state index contributed by atoms with van der Waals surface area (Å²) >= 11 is 0. The van der Waals surface area contributed by atoms with Crippen molar-refractivity contribution in [3.63, 3.8) is 0 Å². The Bertz CT molecular complexity index is 927. The number of benzene rings is 1. The quantitative estimate of drug-likeness (QED) is 0.579. The molecule has 1 aliphatic rings. The number of nitrogens with one attached hydrogen (secondary N) is 1. The van der Waals surface area contributed by atoms with Gasteiger partial charge in [-0.05, 0) is 30.9 Å². The van der Waals surface area contributed by atoms with E-state index in [1.165, 1.54) is 12.4 Å². The van der Waals surface area contributed by atoms with Crippen molar-refractivity contribution in [1.82, 2.24) is 20.2 Å². The van der Waals surface area contributed by atoms with E-state index in [9.17, 15) is 5.11 Å². The summed E-state index contributed by atoms with van der Waals surface area (Å²) in [7, 11) is 0. The lowest BCUT2D eigenvalue weighted by Gasteiger charge is -2.28. The maximum Gasteiger partial charge on any atom is 0.174 e. The second kappa shape index (κ2) is 7.93. The Morgan fingerprint density at radius 1 is 1.25 bits per heavy atom. The summed E-state index contributed by atoms with van der Waals surface area (Å²) in [5.41, 5.74) is 7.81. The van der Waals surface area contributed by atoms with Crippen molar-refractivity contribution >= 4 is 5.82 Å². The van der Waals surface area contributed by atoms with E-state index in [0.717, 1.165) is 30.5 Å². The molecule has 0 spiro atoms. The first kappa shape index (κ1) is 18.4. The number of aromatic nitrogens is 4. The first-order chi connectivity index (χ1) is 13.6. The van der Waals surface area contributed by atoms with Crippen molar-refractivity contribution in [1.29, 1.82) is 0 Å². The van der Waals surface area contributed by atoms with Crippen LogP contribution in [-0.4, -0.2) is 38.0 Å². The van der Waals surface area contributed by atoms with Crippen molar-refractivity contribution in [3.8, 4) is 17.0 Å². The molecular weight excluding hydrogens is 361 g/mol. The van der Waals surface area contributed by atoms with Crippen molar-refractivity contribution in [2.75, 3.05) is 12.3 Å². The number of ether oxygens (including phenoxy) is 1. The summed E-state index contributed by atoms with van der Waals surface area (Å²) in [6.45, 7) is -0.0274. The number of hydrogen-bond donors (Lipinski definition) is 3. The van der Waals surface area contributed by atoms with Gasteiger partial charge in [0.05, 0.1) is 29.9 Å². The molecule has 1 atom stereocenters. The van der Waals surface area contributed by atoms with Crippen LogP contribution < -0.4 is 10.5 Å². The molecule has 0 bridgehead atoms. The number of halogens is 1. The fraction of sp³-hybridized carbons (Fsp3) is 0.350. The molecule has 4 rings (SSSR count). The van der Waals surface area contributed by atoms with Crippen LogP contribution in [0.1, 0.15) is 36.4 Å². The number of nitrogens with zero attached hydrogens (tertiary/aromatic N) is 3. The third-order valence-corrected chi connectivity index (χ3v) is 5.04. The standard InChI is InChI=1S/C20H22FN5O2/c21-19-16(17-9-24-18(22)10-23-17)5-4-15(12-2-1-3-12)20(19)28-11-14(27)8-13-6-7-25-26-13/h4-7,9-10,12,14,27H,1-3,8,11H2,(H2,22,24)(H,25,26). The lowest BCUT2D eigenvalue weighted by molar-refractivity contribution is 0.103. The third-order valence-electron chi connectivity index (χ3n) is 5.04. The zero-order valence-corrected chi connectivity index (χ0v) is 15.3. The van der Waals surface area contributed by atoms with Gasteiger partial charge in [0.25, 0.3) is 0 Å². The maximum atomic E-state index is 15.3. The van der Waals surface area contributed by atoms with Crippen molar-refractivity contribution in [3.05, 3.63) is 53.9 Å². The Labute approximate surface area is 161 Å². The maximum absolute atomic E-state index is 15.3. The van der Waals surface area contributed by atoms with Gasteiger partial charge in [0.15, 0.2) is 11.6 Å². The molecular formula is C20H22FN5O2. The van der Waals surface area contributed by atoms with E-state index >= 15 is 4.39 Å². The fourth-order valence-electron chi connectivity index (χ4n) is 3.32. The number of nitrogen functional groups attached to an aromatic ring is 1. The molecule has 1 saturated carbocycles. The highest BCUT2D eigenvalue weighted by Crippen LogP contribution is 2.43. The Morgan fingerprint density at radius 3 is 2.75 bits per heavy atom. The van der Waals surface area contributed by atoms with Crippen molar-refractivity contribution in [2.24, 2.45) is 0 Å². The normalized spacial score (nSPS) is 15.2. The monoisotopic (exact) mass is 383 g/mol. The van der Waals surface area contributed by atoms with Crippen LogP contribution in [0.5, 0.6) is 5.75 Å². The summed E-state index contributed by atoms with van der Waals surface area (Å²) in [6, 6.07) is 5.37. The Morgan fingerprint density at radius 2 is 2.11 bits per heavy atom. The summed E-state index contributed by atoms with van der Waals surface area (Å²) in [6.07, 6.45) is 7.19. The predicted octanol–water partition coefficient (Wildman–Crippen LogP) is 2.84. The van der Waals surface area contributed by atoms with Crippen LogP contribution in [0.15, 0.2) is 36.8 Å². The fourth-order valence-corrected chi connectivity index (χ4v) is 3.32. The zero-order chi connectivity index (χ0) is 19.5. The highest BCUT2D eigenvalue weighted by molar-refractivity contribution is 5.64. The molecule has 7 nitrogen and oxygen atoms in total. The first-order valence-corrected chi connectivity index (χ1v) is 9.31. The van der Waals surface area contributed by atoms with E-state index in [0.29, 0.717) is 17.7 Å². The van der Waals surface area contributed by atoms with Crippen LogP contribution in [0.3, 0.4) is 0 Å². The molecule has 8 heteroatoms. The first-order valence-electron chi connectivity index (χ1n) is 9.31. The van der Waals surface area contributed by atoms with Gasteiger partial charge in [-0.3, -0.25) is 10.1 Å². The van der Waals surface area contributed by atoms with Crippen LogP contribution in [0.4, 0.5) is 10.2 Å². The Hall–Kier alpha value is -3.00. The van der Waals surface area contributed by atoms with Crippen LogP contribution in [-0.2, 0) is 6.42 Å². The van der Waals surface area contributed by atoms with E-state index in [1.54, 1.807) is 18.3 Å². The number of H-pyrrole nitrogens is 1. The van der Waals surface area contributed by atoms with Crippen LogP contribution in [0.25, 0.3) is 11.3 Å². The summed E-state index contributed by atoms with van der Waals surface area (Å²) in [5, 5.41) is 17.0. The smallest absolute Gasteiger partial charge is 0.174 e. The minimum atomic E-state index is -0.795. The van der Waals surface area contributed by atoms with E-state index in [4.69, 9.17) is 10.5 Å². The largest absolute Gasteiger partial charge is 0.487 e. The van der Waals surface area contributed by atoms with E-state index in [-0.39, 0.29) is 24.1 Å². The number of aliphatic hydroxyl groups excluding tert-OH is 1. The number of rotatable bonds is 7. The lowest BCUT2D eigenvalue weighted by Crippen LogP contribution is -2.22. The molecule has 1 fully saturated rings. The molecule has 0 aliphatic heterocycles. The Kier molecular flexibility index (Phi) is 5.21. The molecule has 1 unspecified atom stereocenters. The topological polar surface area (TPSA) is 110 Å². The number of anilines is 1. The second-order valence-electron chi connectivity index (χ2n) is 7.03. The van der Waals surface area contributed by atoms with Crippen molar-refractivity contribution < 1.29 is 14.2 Å². The number of hydrogen-bond acceptors (Lipinski definition) is 6. The van der Waals surface area contributed by atoms with Gasteiger partial charge >= 0.3 is 0 Å². The molecule has 0 saturated heterocycles. The minimum Gasteiger partial charge on any atom is -0.487 e. The van der Waals surface area contributed by atoms with Crippen LogP contribution >= 0.6 is 0 Å². The van der Waals surface area contributed by atoms with Crippen molar-refractivity contribution in [2.45, 2.75) is 37.7 Å². The number of aliphatic hydroxyl groups is 1. The van der Waals surface area contributed by atoms with Crippen LogP contribution in [0, 0.1) is 5.82 Å². The summed E-state index contributed by atoms with van der Waals surface area (Å²) in [5.74, 6) is 0.241. The predicted molar refractivity (Wildman–Crippen MR) is 102 cm³/mol. The SMILES string of the molecule is Nc1cnc(-c2ccc(C3CCC3)c(OCC(O)Cc3cc[nH]n3)c2F)cn1. The van der Waals surface area contributed by atoms with Gasteiger partial charge in [-0.2, -0.15) is 5.10 Å². The lowest BCUT2D eigenvalue weighted by atomic mass is 9.79. The average molecular weight is 383 g/mol. The molecule has 3 aromatic rings. The molecule has 146 valence electrons. The van der Waals surface area contributed by atoms with Gasteiger partial charge in [0, 0.05) is 23.7 Å².